The highest BCUT2D eigenvalue weighted by Gasteiger charge is 2.52. The number of carbonyl (C=O) groups is 1. The number of carbonyl (C=O) groups excluding carboxylic acids is 1. The quantitative estimate of drug-likeness (QED) is 0.454. The molecule has 1 aromatic heterocycles. The predicted molar refractivity (Wildman–Crippen MR) is 125 cm³/mol. The van der Waals surface area contributed by atoms with Gasteiger partial charge in [0.05, 0.1) is 15.9 Å². The summed E-state index contributed by atoms with van der Waals surface area (Å²) in [5.41, 5.74) is 3.28. The van der Waals surface area contributed by atoms with Gasteiger partial charge in [-0.15, -0.1) is 0 Å². The summed E-state index contributed by atoms with van der Waals surface area (Å²) in [4.78, 5) is 21.4. The van der Waals surface area contributed by atoms with E-state index >= 15 is 0 Å². The van der Waals surface area contributed by atoms with Crippen molar-refractivity contribution in [1.29, 1.82) is 0 Å². The molecule has 0 bridgehead atoms. The Kier molecular flexibility index (Phi) is 5.06. The van der Waals surface area contributed by atoms with Crippen LogP contribution in [0.1, 0.15) is 25.7 Å². The van der Waals surface area contributed by atoms with Crippen LogP contribution in [0.3, 0.4) is 0 Å². The third-order valence-corrected chi connectivity index (χ3v) is 8.71. The third kappa shape index (κ3) is 3.39. The Balaban J connectivity index is 1.41. The van der Waals surface area contributed by atoms with Gasteiger partial charge in [0.2, 0.25) is 5.91 Å². The molecule has 0 aliphatic heterocycles. The van der Waals surface area contributed by atoms with Gasteiger partial charge in [-0.2, -0.15) is 0 Å². The number of hydrogen-bond acceptors (Lipinski definition) is 4. The summed E-state index contributed by atoms with van der Waals surface area (Å²) in [7, 11) is -3.81. The predicted octanol–water partition coefficient (Wildman–Crippen LogP) is 4.96. The van der Waals surface area contributed by atoms with E-state index in [0.29, 0.717) is 31.4 Å². The minimum atomic E-state index is -3.81. The van der Waals surface area contributed by atoms with Crippen molar-refractivity contribution in [1.82, 2.24) is 9.97 Å². The van der Waals surface area contributed by atoms with Gasteiger partial charge in [-0.3, -0.25) is 4.79 Å². The minimum absolute atomic E-state index is 0.192. The van der Waals surface area contributed by atoms with Gasteiger partial charge in [-0.25, -0.2) is 13.4 Å². The monoisotopic (exact) mass is 445 g/mol. The van der Waals surface area contributed by atoms with E-state index in [1.807, 2.05) is 36.4 Å². The van der Waals surface area contributed by atoms with Crippen LogP contribution in [0, 0.1) is 0 Å². The van der Waals surface area contributed by atoms with Crippen molar-refractivity contribution in [3.05, 3.63) is 78.9 Å². The number of aromatic amines is 1. The Hall–Kier alpha value is -3.45. The average Bonchev–Trinajstić information content (AvgIpc) is 3.49. The van der Waals surface area contributed by atoms with E-state index in [-0.39, 0.29) is 4.90 Å². The highest BCUT2D eigenvalue weighted by Crippen LogP contribution is 2.41. The first-order chi connectivity index (χ1) is 15.5. The number of sulfone groups is 1. The van der Waals surface area contributed by atoms with Gasteiger partial charge in [-0.1, -0.05) is 43.2 Å². The molecule has 2 N–H and O–H groups in total. The van der Waals surface area contributed by atoms with E-state index in [2.05, 4.69) is 15.3 Å². The van der Waals surface area contributed by atoms with Gasteiger partial charge in [0, 0.05) is 11.3 Å². The Morgan fingerprint density at radius 2 is 1.53 bits per heavy atom. The second-order valence-electron chi connectivity index (χ2n) is 8.15. The Bertz CT molecular complexity index is 1340. The summed E-state index contributed by atoms with van der Waals surface area (Å²) in [5, 5.41) is 2.86. The van der Waals surface area contributed by atoms with Crippen LogP contribution >= 0.6 is 0 Å². The molecular formula is C25H23N3O3S. The fourth-order valence-electron chi connectivity index (χ4n) is 4.44. The molecule has 0 unspecified atom stereocenters. The molecule has 7 heteroatoms. The van der Waals surface area contributed by atoms with Crippen molar-refractivity contribution in [2.75, 3.05) is 5.32 Å². The van der Waals surface area contributed by atoms with Crippen LogP contribution in [-0.2, 0) is 14.6 Å². The van der Waals surface area contributed by atoms with Crippen molar-refractivity contribution in [2.45, 2.75) is 35.3 Å². The summed E-state index contributed by atoms with van der Waals surface area (Å²) in [5.74, 6) is 0.276. The second-order valence-corrected chi connectivity index (χ2v) is 10.4. The van der Waals surface area contributed by atoms with Gasteiger partial charge >= 0.3 is 0 Å². The zero-order valence-electron chi connectivity index (χ0n) is 17.4. The maximum Gasteiger partial charge on any atom is 0.246 e. The molecule has 0 atom stereocenters. The molecule has 6 nitrogen and oxygen atoms in total. The van der Waals surface area contributed by atoms with E-state index in [1.165, 1.54) is 0 Å². The van der Waals surface area contributed by atoms with Crippen molar-refractivity contribution in [3.63, 3.8) is 0 Å². The van der Waals surface area contributed by atoms with E-state index in [0.717, 1.165) is 22.4 Å². The molecule has 5 rings (SSSR count). The average molecular weight is 446 g/mol. The van der Waals surface area contributed by atoms with Crippen molar-refractivity contribution < 1.29 is 13.2 Å². The number of anilines is 1. The maximum atomic E-state index is 13.4. The largest absolute Gasteiger partial charge is 0.338 e. The molecular weight excluding hydrogens is 422 g/mol. The second kappa shape index (κ2) is 7.91. The van der Waals surface area contributed by atoms with Crippen molar-refractivity contribution in [3.8, 4) is 11.4 Å². The molecule has 1 saturated carbocycles. The number of nitrogens with zero attached hydrogens (tertiary/aromatic N) is 1. The SMILES string of the molecule is O=C(Nc1ccc(-c2nc3ccccc3[nH]2)cc1)C1(S(=O)(=O)c2ccccc2)CCCC1. The number of fused-ring (bicyclic) bond motifs is 1. The fraction of sp³-hybridized carbons (Fsp3) is 0.200. The number of aromatic nitrogens is 2. The Morgan fingerprint density at radius 3 is 2.22 bits per heavy atom. The molecule has 32 heavy (non-hydrogen) atoms. The van der Waals surface area contributed by atoms with Crippen LogP contribution in [0.4, 0.5) is 5.69 Å². The lowest BCUT2D eigenvalue weighted by molar-refractivity contribution is -0.118. The highest BCUT2D eigenvalue weighted by molar-refractivity contribution is 7.93. The Morgan fingerprint density at radius 1 is 0.875 bits per heavy atom. The summed E-state index contributed by atoms with van der Waals surface area (Å²) in [6, 6.07) is 23.3. The smallest absolute Gasteiger partial charge is 0.246 e. The van der Waals surface area contributed by atoms with Gasteiger partial charge in [0.1, 0.15) is 5.82 Å². The molecule has 1 aliphatic rings. The van der Waals surface area contributed by atoms with Crippen LogP contribution in [0.15, 0.2) is 83.8 Å². The summed E-state index contributed by atoms with van der Waals surface area (Å²) in [6.07, 6.45) is 2.08. The fourth-order valence-corrected chi connectivity index (χ4v) is 6.52. The molecule has 1 fully saturated rings. The first-order valence-electron chi connectivity index (χ1n) is 10.7. The van der Waals surface area contributed by atoms with Crippen molar-refractivity contribution >= 4 is 32.5 Å². The van der Waals surface area contributed by atoms with Crippen LogP contribution in [-0.4, -0.2) is 29.0 Å². The van der Waals surface area contributed by atoms with Crippen LogP contribution < -0.4 is 5.32 Å². The summed E-state index contributed by atoms with van der Waals surface area (Å²) >= 11 is 0. The summed E-state index contributed by atoms with van der Waals surface area (Å²) < 4.78 is 25.4. The topological polar surface area (TPSA) is 91.9 Å². The molecule has 0 saturated heterocycles. The normalized spacial score (nSPS) is 15.6. The van der Waals surface area contributed by atoms with E-state index in [4.69, 9.17) is 0 Å². The lowest BCUT2D eigenvalue weighted by Crippen LogP contribution is -2.47. The van der Waals surface area contributed by atoms with Crippen LogP contribution in [0.2, 0.25) is 0 Å². The van der Waals surface area contributed by atoms with Crippen LogP contribution in [0.25, 0.3) is 22.4 Å². The first-order valence-corrected chi connectivity index (χ1v) is 12.1. The number of para-hydroxylation sites is 2. The molecule has 1 aliphatic carbocycles. The maximum absolute atomic E-state index is 13.4. The number of rotatable bonds is 5. The molecule has 1 amide bonds. The molecule has 4 aromatic rings. The van der Waals surface area contributed by atoms with Gasteiger partial charge < -0.3 is 10.3 Å². The molecule has 1 heterocycles. The standard InChI is InChI=1S/C25H23N3O3S/c29-24(25(16-6-7-17-25)32(30,31)20-8-2-1-3-9-20)26-19-14-12-18(13-15-19)23-27-21-10-4-5-11-22(21)28-23/h1-5,8-15H,6-7,16-17H2,(H,26,29)(H,27,28). The number of imidazole rings is 1. The first kappa shape index (κ1) is 20.5. The number of nitrogens with one attached hydrogen (secondary N) is 2. The van der Waals surface area contributed by atoms with E-state index in [9.17, 15) is 13.2 Å². The lowest BCUT2D eigenvalue weighted by Gasteiger charge is -2.27. The van der Waals surface area contributed by atoms with Crippen molar-refractivity contribution in [2.24, 2.45) is 0 Å². The molecule has 0 radical (unpaired) electrons. The molecule has 0 spiro atoms. The lowest BCUT2D eigenvalue weighted by atomic mass is 10.1. The van der Waals surface area contributed by atoms with Crippen LogP contribution in [0.5, 0.6) is 0 Å². The van der Waals surface area contributed by atoms with Gasteiger partial charge in [0.25, 0.3) is 0 Å². The van der Waals surface area contributed by atoms with Gasteiger partial charge in [-0.05, 0) is 61.4 Å². The Labute approximate surface area is 186 Å². The number of benzene rings is 3. The third-order valence-electron chi connectivity index (χ3n) is 6.20. The zero-order chi connectivity index (χ0) is 22.2. The molecule has 162 valence electrons. The highest BCUT2D eigenvalue weighted by atomic mass is 32.2. The number of amides is 1. The zero-order valence-corrected chi connectivity index (χ0v) is 18.2. The summed E-state index contributed by atoms with van der Waals surface area (Å²) in [6.45, 7) is 0. The number of hydrogen-bond donors (Lipinski definition) is 2. The number of H-pyrrole nitrogens is 1. The molecule has 3 aromatic carbocycles. The van der Waals surface area contributed by atoms with E-state index in [1.54, 1.807) is 42.5 Å². The van der Waals surface area contributed by atoms with E-state index < -0.39 is 20.5 Å². The minimum Gasteiger partial charge on any atom is -0.338 e. The van der Waals surface area contributed by atoms with Gasteiger partial charge in [0.15, 0.2) is 14.6 Å².